The quantitative estimate of drug-likeness (QED) is 0.656. The van der Waals surface area contributed by atoms with Crippen LogP contribution in [0.15, 0.2) is 35.7 Å². The molecule has 0 N–H and O–H groups in total. The highest BCUT2D eigenvalue weighted by molar-refractivity contribution is 8.04. The third kappa shape index (κ3) is 4.01. The summed E-state index contributed by atoms with van der Waals surface area (Å²) in [5.41, 5.74) is 0.775. The first-order valence-electron chi connectivity index (χ1n) is 9.23. The second-order valence-corrected chi connectivity index (χ2v) is 7.81. The van der Waals surface area contributed by atoms with Gasteiger partial charge in [-0.3, -0.25) is 4.79 Å². The third-order valence-corrected chi connectivity index (χ3v) is 5.85. The molecule has 1 aromatic rings. The number of amides is 4. The number of hydrogen-bond donors (Lipinski definition) is 0. The summed E-state index contributed by atoms with van der Waals surface area (Å²) >= 11 is 1.29. The number of likely N-dealkylation sites (N-methyl/N-ethyl adjacent to an activating group) is 1. The van der Waals surface area contributed by atoms with Gasteiger partial charge in [-0.1, -0.05) is 31.5 Å². The van der Waals surface area contributed by atoms with Gasteiger partial charge in [-0.2, -0.15) is 14.3 Å². The molecule has 1 unspecified atom stereocenters. The lowest BCUT2D eigenvalue weighted by atomic mass is 10.1. The molecule has 2 heterocycles. The molecule has 0 fully saturated rings. The maximum atomic E-state index is 14.1. The Kier molecular flexibility index (Phi) is 6.28. The largest absolute Gasteiger partial charge is 0.501 e. The van der Waals surface area contributed by atoms with E-state index < -0.39 is 17.1 Å². The van der Waals surface area contributed by atoms with Crippen LogP contribution in [0.1, 0.15) is 25.3 Å². The lowest BCUT2D eigenvalue weighted by Gasteiger charge is -2.25. The molecule has 0 aliphatic carbocycles. The van der Waals surface area contributed by atoms with Crippen LogP contribution < -0.4 is 0 Å². The molecule has 1 atom stereocenters. The van der Waals surface area contributed by atoms with Crippen LogP contribution in [-0.4, -0.2) is 63.3 Å². The van der Waals surface area contributed by atoms with Crippen molar-refractivity contribution in [3.05, 3.63) is 47.1 Å². The van der Waals surface area contributed by atoms with Crippen molar-refractivity contribution < 1.29 is 23.3 Å². The lowest BCUT2D eigenvalue weighted by molar-refractivity contribution is -0.428. The Labute approximate surface area is 167 Å². The summed E-state index contributed by atoms with van der Waals surface area (Å²) in [6.45, 7) is 2.35. The Morgan fingerprint density at radius 2 is 2.07 bits per heavy atom. The summed E-state index contributed by atoms with van der Waals surface area (Å²) in [6, 6.07) is 5.46. The van der Waals surface area contributed by atoms with Crippen LogP contribution in [0.4, 0.5) is 9.18 Å². The molecule has 1 aromatic carbocycles. The number of carbonyl (C=O) groups excluding carboxylic acids is 3. The standard InChI is InChI=1S/C20H23FN3O3S/c1-3-4-10-22(2)17(25)13-23-16-9-11-28-18(16)19(26)24(20(23)27)12-14-7-5-6-8-15(14)21/h5-9,11,18H,3-4,10,12-13H2,1-2H3/q+1. The van der Waals surface area contributed by atoms with E-state index in [1.54, 1.807) is 41.6 Å². The Bertz CT molecular complexity index is 868. The molecule has 0 saturated heterocycles. The van der Waals surface area contributed by atoms with Gasteiger partial charge >= 0.3 is 11.9 Å². The number of nitrogens with zero attached hydrogens (tertiary/aromatic N) is 3. The third-order valence-electron chi connectivity index (χ3n) is 4.84. The van der Waals surface area contributed by atoms with Crippen molar-refractivity contribution in [3.8, 4) is 0 Å². The normalized spacial score (nSPS) is 18.7. The molecule has 2 aliphatic rings. The number of urea groups is 1. The number of allylic oxidation sites excluding steroid dienone is 1. The minimum absolute atomic E-state index is 0.142. The van der Waals surface area contributed by atoms with Crippen LogP contribution in [0, 0.1) is 5.82 Å². The minimum atomic E-state index is -0.594. The number of imide groups is 1. The van der Waals surface area contributed by atoms with Gasteiger partial charge in [-0.25, -0.2) is 9.18 Å². The van der Waals surface area contributed by atoms with Gasteiger partial charge < -0.3 is 4.90 Å². The molecule has 4 amide bonds. The van der Waals surface area contributed by atoms with E-state index in [0.29, 0.717) is 12.3 Å². The number of thioether (sulfide) groups is 1. The van der Waals surface area contributed by atoms with Crippen molar-refractivity contribution in [2.75, 3.05) is 20.1 Å². The number of carbonyl (C=O) groups is 3. The zero-order valence-electron chi connectivity index (χ0n) is 15.9. The average Bonchev–Trinajstić information content (AvgIpc) is 3.17. The maximum Gasteiger partial charge on any atom is 0.501 e. The smallest absolute Gasteiger partial charge is 0.342 e. The molecular weight excluding hydrogens is 381 g/mol. The van der Waals surface area contributed by atoms with E-state index in [0.717, 1.165) is 17.7 Å². The molecule has 8 heteroatoms. The Morgan fingerprint density at radius 1 is 1.32 bits per heavy atom. The molecule has 0 aromatic heterocycles. The zero-order valence-corrected chi connectivity index (χ0v) is 16.7. The van der Waals surface area contributed by atoms with Gasteiger partial charge in [-0.15, -0.1) is 11.8 Å². The van der Waals surface area contributed by atoms with Crippen LogP contribution in [-0.2, 0) is 16.1 Å². The first-order valence-corrected chi connectivity index (χ1v) is 10.2. The fourth-order valence-corrected chi connectivity index (χ4v) is 4.09. The molecule has 0 spiro atoms. The number of fused-ring (bicyclic) bond motifs is 1. The average molecular weight is 404 g/mol. The summed E-state index contributed by atoms with van der Waals surface area (Å²) in [4.78, 5) is 41.1. The van der Waals surface area contributed by atoms with E-state index in [-0.39, 0.29) is 30.5 Å². The van der Waals surface area contributed by atoms with Crippen LogP contribution in [0.5, 0.6) is 0 Å². The fraction of sp³-hybridized carbons (Fsp3) is 0.400. The molecule has 0 bridgehead atoms. The highest BCUT2D eigenvalue weighted by Crippen LogP contribution is 2.28. The van der Waals surface area contributed by atoms with E-state index >= 15 is 0 Å². The van der Waals surface area contributed by atoms with E-state index in [1.165, 1.54) is 22.4 Å². The maximum absolute atomic E-state index is 14.1. The first kappa shape index (κ1) is 20.3. The van der Waals surface area contributed by atoms with Gasteiger partial charge in [-0.05, 0) is 24.0 Å². The van der Waals surface area contributed by atoms with Gasteiger partial charge in [0.15, 0.2) is 11.8 Å². The number of hydrogen-bond acceptors (Lipinski definition) is 4. The zero-order chi connectivity index (χ0) is 20.3. The molecule has 0 saturated carbocycles. The van der Waals surface area contributed by atoms with Crippen molar-refractivity contribution >= 4 is 35.3 Å². The van der Waals surface area contributed by atoms with Crippen molar-refractivity contribution in [1.29, 1.82) is 0 Å². The summed E-state index contributed by atoms with van der Waals surface area (Å²) in [5, 5.41) is 1.16. The minimum Gasteiger partial charge on any atom is -0.342 e. The predicted octanol–water partition coefficient (Wildman–Crippen LogP) is 2.63. The second-order valence-electron chi connectivity index (χ2n) is 6.80. The van der Waals surface area contributed by atoms with Crippen LogP contribution in [0.3, 0.4) is 0 Å². The number of benzene rings is 1. The number of rotatable bonds is 7. The predicted molar refractivity (Wildman–Crippen MR) is 106 cm³/mol. The van der Waals surface area contributed by atoms with Crippen molar-refractivity contribution in [2.24, 2.45) is 0 Å². The summed E-state index contributed by atoms with van der Waals surface area (Å²) in [5.74, 6) is -1.06. The monoisotopic (exact) mass is 404 g/mol. The Balaban J connectivity index is 1.86. The SMILES string of the molecule is CCCCN(C)C(=O)C[N+]1=C2C=CSC2C(=O)N(Cc2ccccc2F)C1=O. The molecule has 6 nitrogen and oxygen atoms in total. The first-order chi connectivity index (χ1) is 13.4. The number of halogens is 1. The van der Waals surface area contributed by atoms with Crippen molar-refractivity contribution in [1.82, 2.24) is 9.80 Å². The molecule has 148 valence electrons. The second kappa shape index (κ2) is 8.68. The highest BCUT2D eigenvalue weighted by atomic mass is 32.2. The summed E-state index contributed by atoms with van der Waals surface area (Å²) < 4.78 is 15.4. The van der Waals surface area contributed by atoms with Gasteiger partial charge in [0.2, 0.25) is 0 Å². The van der Waals surface area contributed by atoms with Crippen LogP contribution in [0.2, 0.25) is 0 Å². The van der Waals surface area contributed by atoms with E-state index in [2.05, 4.69) is 0 Å². The van der Waals surface area contributed by atoms with E-state index in [1.807, 2.05) is 6.92 Å². The topological polar surface area (TPSA) is 60.7 Å². The molecule has 2 aliphatic heterocycles. The van der Waals surface area contributed by atoms with Crippen molar-refractivity contribution in [3.63, 3.8) is 0 Å². The molecule has 28 heavy (non-hydrogen) atoms. The molecular formula is C20H23FN3O3S+. The van der Waals surface area contributed by atoms with Gasteiger partial charge in [0.1, 0.15) is 18.1 Å². The van der Waals surface area contributed by atoms with Crippen molar-refractivity contribution in [2.45, 2.75) is 31.6 Å². The molecule has 3 rings (SSSR count). The van der Waals surface area contributed by atoms with Gasteiger partial charge in [0.25, 0.3) is 5.91 Å². The highest BCUT2D eigenvalue weighted by Gasteiger charge is 2.49. The number of unbranched alkanes of at least 4 members (excludes halogenated alkanes) is 1. The molecule has 0 radical (unpaired) electrons. The lowest BCUT2D eigenvalue weighted by Crippen LogP contribution is -2.56. The Hall–Kier alpha value is -2.48. The van der Waals surface area contributed by atoms with Gasteiger partial charge in [0.05, 0.1) is 0 Å². The summed E-state index contributed by atoms with van der Waals surface area (Å²) in [6.07, 6.45) is 3.54. The van der Waals surface area contributed by atoms with Crippen LogP contribution in [0.25, 0.3) is 0 Å². The summed E-state index contributed by atoms with van der Waals surface area (Å²) in [7, 11) is 1.70. The van der Waals surface area contributed by atoms with Crippen LogP contribution >= 0.6 is 11.8 Å². The van der Waals surface area contributed by atoms with Gasteiger partial charge in [0, 0.05) is 19.2 Å². The van der Waals surface area contributed by atoms with E-state index in [9.17, 15) is 18.8 Å². The van der Waals surface area contributed by atoms with E-state index in [4.69, 9.17) is 0 Å². The Morgan fingerprint density at radius 3 is 2.79 bits per heavy atom. The fourth-order valence-electron chi connectivity index (χ4n) is 3.13.